The average molecular weight is 591 g/mol. The van der Waals surface area contributed by atoms with Crippen molar-refractivity contribution in [3.05, 3.63) is 64.6 Å². The van der Waals surface area contributed by atoms with E-state index in [1.165, 1.54) is 12.3 Å². The molecule has 10 nitrogen and oxygen atoms in total. The Kier molecular flexibility index (Phi) is 7.30. The van der Waals surface area contributed by atoms with Gasteiger partial charge in [-0.2, -0.15) is 13.7 Å². The van der Waals surface area contributed by atoms with Gasteiger partial charge in [0.1, 0.15) is 11.4 Å². The highest BCUT2D eigenvalue weighted by molar-refractivity contribution is 7.81. The second kappa shape index (κ2) is 11.1. The fraction of sp³-hybridized carbons (Fsp3) is 0.300. The lowest BCUT2D eigenvalue weighted by atomic mass is 10.00. The normalized spacial score (nSPS) is 14.4. The fourth-order valence-corrected chi connectivity index (χ4v) is 5.91. The van der Waals surface area contributed by atoms with Crippen molar-refractivity contribution >= 4 is 43.3 Å². The molecule has 2 aromatic carbocycles. The largest absolute Gasteiger partial charge is 0.493 e. The van der Waals surface area contributed by atoms with E-state index in [9.17, 15) is 22.4 Å². The van der Waals surface area contributed by atoms with Crippen molar-refractivity contribution in [3.8, 4) is 28.7 Å². The molecule has 0 radical (unpaired) electrons. The number of pyridine rings is 2. The summed E-state index contributed by atoms with van der Waals surface area (Å²) in [6, 6.07) is 12.3. The van der Waals surface area contributed by atoms with Crippen molar-refractivity contribution in [1.29, 1.82) is 5.26 Å². The van der Waals surface area contributed by atoms with E-state index in [1.54, 1.807) is 24.3 Å². The monoisotopic (exact) mass is 590 g/mol. The molecule has 0 spiro atoms. The summed E-state index contributed by atoms with van der Waals surface area (Å²) in [6.07, 6.45) is 5.69. The molecule has 1 saturated heterocycles. The SMILES string of the molecule is CCCCOc1cc2c(=O)c3c4ccc(C#N)cc4[nH]c3n(C3CCOCC3)c2cc1-c1cncc(OS(=O)(=O)F)c1. The second-order valence-electron chi connectivity index (χ2n) is 10.2. The van der Waals surface area contributed by atoms with Gasteiger partial charge in [0.15, 0.2) is 11.2 Å². The van der Waals surface area contributed by atoms with Crippen LogP contribution in [0.25, 0.3) is 44.0 Å². The molecule has 12 heteroatoms. The molecule has 1 N–H and O–H groups in total. The van der Waals surface area contributed by atoms with Crippen LogP contribution in [0.1, 0.15) is 44.2 Å². The third-order valence-electron chi connectivity index (χ3n) is 7.51. The molecular weight excluding hydrogens is 563 g/mol. The Hall–Kier alpha value is -4.47. The number of benzene rings is 2. The summed E-state index contributed by atoms with van der Waals surface area (Å²) in [5, 5.41) is 11.1. The van der Waals surface area contributed by atoms with E-state index >= 15 is 0 Å². The van der Waals surface area contributed by atoms with E-state index in [1.807, 2.05) is 13.0 Å². The molecule has 1 fully saturated rings. The molecule has 1 aliphatic heterocycles. The van der Waals surface area contributed by atoms with Crippen molar-refractivity contribution in [2.24, 2.45) is 0 Å². The third kappa shape index (κ3) is 5.17. The van der Waals surface area contributed by atoms with Crippen LogP contribution in [0.2, 0.25) is 0 Å². The summed E-state index contributed by atoms with van der Waals surface area (Å²) in [7, 11) is -5.26. The van der Waals surface area contributed by atoms with Crippen LogP contribution >= 0.6 is 0 Å². The van der Waals surface area contributed by atoms with Crippen molar-refractivity contribution in [2.75, 3.05) is 19.8 Å². The van der Waals surface area contributed by atoms with Crippen molar-refractivity contribution in [3.63, 3.8) is 0 Å². The minimum absolute atomic E-state index is 0.00275. The standard InChI is InChI=1S/C30H27FN4O6S/c1-2-3-8-40-27-14-24-26(13-23(27)19-12-21(17-33-16-19)41-42(31,37)38)35(20-6-9-39-10-7-20)30-28(29(24)36)22-5-4-18(15-32)11-25(22)34-30/h4-5,11-14,16-17,20,34H,2-3,6-10H2,1H3. The lowest BCUT2D eigenvalue weighted by molar-refractivity contribution is 0.0715. The maximum Gasteiger partial charge on any atom is 0.488 e. The molecule has 0 aliphatic carbocycles. The molecule has 5 aromatic rings. The number of rotatable bonds is 8. The predicted molar refractivity (Wildman–Crippen MR) is 156 cm³/mol. The van der Waals surface area contributed by atoms with Crippen LogP contribution in [0.3, 0.4) is 0 Å². The Morgan fingerprint density at radius 2 is 1.98 bits per heavy atom. The number of hydrogen-bond donors (Lipinski definition) is 1. The topological polar surface area (TPSA) is 136 Å². The van der Waals surface area contributed by atoms with Gasteiger partial charge in [-0.15, -0.1) is 0 Å². The van der Waals surface area contributed by atoms with Crippen LogP contribution in [-0.4, -0.2) is 42.8 Å². The van der Waals surface area contributed by atoms with E-state index in [2.05, 4.69) is 24.8 Å². The molecule has 0 amide bonds. The first-order chi connectivity index (χ1) is 20.3. The molecule has 0 atom stereocenters. The molecule has 42 heavy (non-hydrogen) atoms. The van der Waals surface area contributed by atoms with Gasteiger partial charge in [-0.25, -0.2) is 0 Å². The number of nitrogens with zero attached hydrogens (tertiary/aromatic N) is 3. The van der Waals surface area contributed by atoms with E-state index in [4.69, 9.17) is 9.47 Å². The molecule has 0 saturated carbocycles. The van der Waals surface area contributed by atoms with Crippen LogP contribution in [0.15, 0.2) is 53.6 Å². The third-order valence-corrected chi connectivity index (χ3v) is 7.90. The lowest BCUT2D eigenvalue weighted by Gasteiger charge is -2.28. The molecule has 1 aliphatic rings. The van der Waals surface area contributed by atoms with Crippen molar-refractivity contribution in [2.45, 2.75) is 38.6 Å². The Bertz CT molecular complexity index is 2040. The van der Waals surface area contributed by atoms with Crippen molar-refractivity contribution < 1.29 is 26.0 Å². The first-order valence-corrected chi connectivity index (χ1v) is 15.0. The van der Waals surface area contributed by atoms with E-state index < -0.39 is 10.5 Å². The molecule has 0 bridgehead atoms. The van der Waals surface area contributed by atoms with Crippen LogP contribution in [-0.2, 0) is 15.2 Å². The smallest absolute Gasteiger partial charge is 0.488 e. The number of hydrogen-bond acceptors (Lipinski definition) is 8. The fourth-order valence-electron chi connectivity index (χ4n) is 5.59. The highest BCUT2D eigenvalue weighted by Crippen LogP contribution is 2.39. The molecular formula is C30H27FN4O6S. The van der Waals surface area contributed by atoms with Crippen LogP contribution < -0.4 is 14.3 Å². The summed E-state index contributed by atoms with van der Waals surface area (Å²) in [4.78, 5) is 21.6. The Balaban J connectivity index is 1.68. The number of nitriles is 1. The van der Waals surface area contributed by atoms with Gasteiger partial charge in [0.25, 0.3) is 0 Å². The minimum atomic E-state index is -5.26. The van der Waals surface area contributed by atoms with Crippen LogP contribution in [0.5, 0.6) is 11.5 Å². The van der Waals surface area contributed by atoms with Gasteiger partial charge in [-0.05, 0) is 49.6 Å². The highest BCUT2D eigenvalue weighted by Gasteiger charge is 2.25. The first kappa shape index (κ1) is 27.7. The zero-order chi connectivity index (χ0) is 29.4. The molecule has 0 unspecified atom stereocenters. The Labute approximate surface area is 240 Å². The van der Waals surface area contributed by atoms with Crippen LogP contribution in [0.4, 0.5) is 3.89 Å². The summed E-state index contributed by atoms with van der Waals surface area (Å²) < 4.78 is 54.0. The van der Waals surface area contributed by atoms with Gasteiger partial charge >= 0.3 is 10.5 Å². The summed E-state index contributed by atoms with van der Waals surface area (Å²) in [5.41, 5.74) is 3.19. The van der Waals surface area contributed by atoms with Gasteiger partial charge in [0.2, 0.25) is 0 Å². The molecule has 4 heterocycles. The zero-order valence-electron chi connectivity index (χ0n) is 22.7. The lowest BCUT2D eigenvalue weighted by Crippen LogP contribution is -2.22. The first-order valence-electron chi connectivity index (χ1n) is 13.6. The maximum absolute atomic E-state index is 14.2. The number of fused-ring (bicyclic) bond motifs is 4. The van der Waals surface area contributed by atoms with Gasteiger partial charge < -0.3 is 23.2 Å². The van der Waals surface area contributed by atoms with Crippen molar-refractivity contribution in [1.82, 2.24) is 14.5 Å². The Morgan fingerprint density at radius 3 is 2.71 bits per heavy atom. The van der Waals surface area contributed by atoms with E-state index in [0.29, 0.717) is 69.7 Å². The number of H-pyrrole nitrogens is 1. The molecule has 3 aromatic heterocycles. The van der Waals surface area contributed by atoms with Gasteiger partial charge in [-0.3, -0.25) is 9.78 Å². The summed E-state index contributed by atoms with van der Waals surface area (Å²) >= 11 is 0. The van der Waals surface area contributed by atoms with Gasteiger partial charge in [0.05, 0.1) is 40.7 Å². The van der Waals surface area contributed by atoms with Gasteiger partial charge in [-0.1, -0.05) is 23.3 Å². The minimum Gasteiger partial charge on any atom is -0.493 e. The number of nitrogens with one attached hydrogen (secondary N) is 1. The predicted octanol–water partition coefficient (Wildman–Crippen LogP) is 5.69. The summed E-state index contributed by atoms with van der Waals surface area (Å²) in [6.45, 7) is 3.54. The highest BCUT2D eigenvalue weighted by atomic mass is 32.3. The number of aromatic amines is 1. The number of halogens is 1. The van der Waals surface area contributed by atoms with E-state index in [0.717, 1.165) is 37.3 Å². The van der Waals surface area contributed by atoms with Gasteiger partial charge in [0, 0.05) is 47.5 Å². The summed E-state index contributed by atoms with van der Waals surface area (Å²) in [5.74, 6) is 0.107. The van der Waals surface area contributed by atoms with Crippen LogP contribution in [0, 0.1) is 11.3 Å². The van der Waals surface area contributed by atoms with E-state index in [-0.39, 0.29) is 17.2 Å². The Morgan fingerprint density at radius 1 is 1.17 bits per heavy atom. The maximum atomic E-state index is 14.2. The second-order valence-corrected chi connectivity index (χ2v) is 11.2. The number of aromatic nitrogens is 3. The molecule has 6 rings (SSSR count). The quantitative estimate of drug-likeness (QED) is 0.180. The number of unbranched alkanes of at least 4 members (excludes halogenated alkanes) is 1. The number of ether oxygens (including phenoxy) is 2. The molecule has 216 valence electrons. The zero-order valence-corrected chi connectivity index (χ0v) is 23.5. The average Bonchev–Trinajstić information content (AvgIpc) is 3.35.